The van der Waals surface area contributed by atoms with Gasteiger partial charge in [0.2, 0.25) is 0 Å². The van der Waals surface area contributed by atoms with Gasteiger partial charge in [0.15, 0.2) is 5.82 Å². The van der Waals surface area contributed by atoms with Gasteiger partial charge in [0.25, 0.3) is 0 Å². The van der Waals surface area contributed by atoms with E-state index in [9.17, 15) is 0 Å². The summed E-state index contributed by atoms with van der Waals surface area (Å²) in [5.74, 6) is 2.09. The van der Waals surface area contributed by atoms with Gasteiger partial charge < -0.3 is 5.73 Å². The van der Waals surface area contributed by atoms with Crippen LogP contribution in [0.25, 0.3) is 5.82 Å². The predicted molar refractivity (Wildman–Crippen MR) is 76.9 cm³/mol. The molecule has 2 N–H and O–H groups in total. The number of aromatic nitrogens is 4. The molecule has 0 spiro atoms. The minimum atomic E-state index is 0.203. The fourth-order valence-corrected chi connectivity index (χ4v) is 1.95. The Labute approximate surface area is 117 Å². The van der Waals surface area contributed by atoms with Gasteiger partial charge in [-0.2, -0.15) is 5.10 Å². The highest BCUT2D eigenvalue weighted by atomic mass is 35.5. The Balaban J connectivity index is 2.70. The third kappa shape index (κ3) is 2.30. The van der Waals surface area contributed by atoms with Crippen LogP contribution >= 0.6 is 11.6 Å². The third-order valence-corrected chi connectivity index (χ3v) is 3.64. The molecule has 0 aliphatic heterocycles. The molecule has 2 heterocycles. The quantitative estimate of drug-likeness (QED) is 0.917. The topological polar surface area (TPSA) is 69.6 Å². The SMILES string of the molecule is Cc1nn(-c2nc(C(C)C)nc(N)c2C)c(C)c1Cl. The van der Waals surface area contributed by atoms with Crippen molar-refractivity contribution in [3.8, 4) is 5.82 Å². The maximum Gasteiger partial charge on any atom is 0.162 e. The molecule has 0 aromatic carbocycles. The van der Waals surface area contributed by atoms with Crippen molar-refractivity contribution >= 4 is 17.4 Å². The van der Waals surface area contributed by atoms with Crippen LogP contribution in [0.2, 0.25) is 5.02 Å². The van der Waals surface area contributed by atoms with E-state index in [-0.39, 0.29) is 5.92 Å². The standard InChI is InChI=1S/C13H18ClN5/c1-6(2)12-16-11(15)7(3)13(17-12)19-9(5)10(14)8(4)18-19/h6H,1-5H3,(H2,15,16,17). The number of hydrogen-bond acceptors (Lipinski definition) is 4. The predicted octanol–water partition coefficient (Wildman–Crippen LogP) is 2.95. The van der Waals surface area contributed by atoms with Crippen LogP contribution in [-0.2, 0) is 0 Å². The Morgan fingerprint density at radius 1 is 1.16 bits per heavy atom. The van der Waals surface area contributed by atoms with Gasteiger partial charge in [0, 0.05) is 11.5 Å². The first-order valence-electron chi connectivity index (χ1n) is 6.19. The zero-order valence-electron chi connectivity index (χ0n) is 11.8. The van der Waals surface area contributed by atoms with Gasteiger partial charge in [-0.1, -0.05) is 25.4 Å². The molecule has 19 heavy (non-hydrogen) atoms. The number of anilines is 1. The largest absolute Gasteiger partial charge is 0.383 e. The fraction of sp³-hybridized carbons (Fsp3) is 0.462. The Morgan fingerprint density at radius 2 is 1.79 bits per heavy atom. The Bertz CT molecular complexity index is 630. The molecular weight excluding hydrogens is 262 g/mol. The minimum Gasteiger partial charge on any atom is -0.383 e. The summed E-state index contributed by atoms with van der Waals surface area (Å²) in [6.07, 6.45) is 0. The van der Waals surface area contributed by atoms with Crippen molar-refractivity contribution in [2.75, 3.05) is 5.73 Å². The van der Waals surface area contributed by atoms with E-state index < -0.39 is 0 Å². The molecule has 2 rings (SSSR count). The molecule has 0 atom stereocenters. The number of nitrogens with zero attached hydrogens (tertiary/aromatic N) is 4. The summed E-state index contributed by atoms with van der Waals surface area (Å²) in [6, 6.07) is 0. The van der Waals surface area contributed by atoms with Gasteiger partial charge in [-0.05, 0) is 20.8 Å². The summed E-state index contributed by atoms with van der Waals surface area (Å²) in [4.78, 5) is 8.88. The summed E-state index contributed by atoms with van der Waals surface area (Å²) < 4.78 is 1.73. The highest BCUT2D eigenvalue weighted by Crippen LogP contribution is 2.25. The molecule has 6 heteroatoms. The summed E-state index contributed by atoms with van der Waals surface area (Å²) in [5, 5.41) is 5.08. The molecule has 0 saturated heterocycles. The van der Waals surface area contributed by atoms with Gasteiger partial charge in [-0.3, -0.25) is 0 Å². The molecule has 0 fully saturated rings. The Morgan fingerprint density at radius 3 is 2.26 bits per heavy atom. The van der Waals surface area contributed by atoms with Crippen molar-refractivity contribution in [2.45, 2.75) is 40.5 Å². The van der Waals surface area contributed by atoms with E-state index in [1.165, 1.54) is 0 Å². The maximum absolute atomic E-state index is 6.18. The van der Waals surface area contributed by atoms with E-state index >= 15 is 0 Å². The van der Waals surface area contributed by atoms with Gasteiger partial charge in [0.1, 0.15) is 11.6 Å². The second-order valence-corrected chi connectivity index (χ2v) is 5.34. The molecule has 0 radical (unpaired) electrons. The van der Waals surface area contributed by atoms with E-state index in [1.807, 2.05) is 34.6 Å². The minimum absolute atomic E-state index is 0.203. The first-order valence-corrected chi connectivity index (χ1v) is 6.56. The monoisotopic (exact) mass is 279 g/mol. The third-order valence-electron chi connectivity index (χ3n) is 3.10. The molecule has 2 aromatic heterocycles. The smallest absolute Gasteiger partial charge is 0.162 e. The molecule has 5 nitrogen and oxygen atoms in total. The van der Waals surface area contributed by atoms with E-state index in [1.54, 1.807) is 4.68 Å². The van der Waals surface area contributed by atoms with E-state index in [4.69, 9.17) is 17.3 Å². The van der Waals surface area contributed by atoms with E-state index in [0.717, 1.165) is 17.0 Å². The van der Waals surface area contributed by atoms with Crippen LogP contribution < -0.4 is 5.73 Å². The van der Waals surface area contributed by atoms with Crippen molar-refractivity contribution < 1.29 is 0 Å². The van der Waals surface area contributed by atoms with E-state index in [0.29, 0.717) is 22.5 Å². The zero-order valence-corrected chi connectivity index (χ0v) is 12.6. The second kappa shape index (κ2) is 4.81. The summed E-state index contributed by atoms with van der Waals surface area (Å²) in [6.45, 7) is 9.73. The molecule has 0 amide bonds. The average Bonchev–Trinajstić information content (AvgIpc) is 2.60. The lowest BCUT2D eigenvalue weighted by molar-refractivity contribution is 0.732. The lowest BCUT2D eigenvalue weighted by Gasteiger charge is -2.12. The lowest BCUT2D eigenvalue weighted by atomic mass is 10.2. The van der Waals surface area contributed by atoms with Crippen LogP contribution in [0.3, 0.4) is 0 Å². The number of nitrogen functional groups attached to an aromatic ring is 1. The van der Waals surface area contributed by atoms with Crippen LogP contribution in [0, 0.1) is 20.8 Å². The second-order valence-electron chi connectivity index (χ2n) is 4.97. The summed E-state index contributed by atoms with van der Waals surface area (Å²) in [5.41, 5.74) is 8.41. The zero-order chi connectivity index (χ0) is 14.3. The van der Waals surface area contributed by atoms with Gasteiger partial charge in [-0.25, -0.2) is 14.6 Å². The lowest BCUT2D eigenvalue weighted by Crippen LogP contribution is -2.12. The van der Waals surface area contributed by atoms with Crippen molar-refractivity contribution in [2.24, 2.45) is 0 Å². The normalized spacial score (nSPS) is 11.3. The van der Waals surface area contributed by atoms with Gasteiger partial charge in [-0.15, -0.1) is 0 Å². The van der Waals surface area contributed by atoms with Gasteiger partial charge >= 0.3 is 0 Å². The highest BCUT2D eigenvalue weighted by molar-refractivity contribution is 6.31. The fourth-order valence-electron chi connectivity index (χ4n) is 1.83. The first kappa shape index (κ1) is 13.8. The summed E-state index contributed by atoms with van der Waals surface area (Å²) >= 11 is 6.18. The van der Waals surface area contributed by atoms with Crippen LogP contribution in [0.15, 0.2) is 0 Å². The highest BCUT2D eigenvalue weighted by Gasteiger charge is 2.17. The number of nitrogens with two attached hydrogens (primary N) is 1. The molecule has 0 aliphatic rings. The molecule has 0 aliphatic carbocycles. The number of halogens is 1. The molecule has 102 valence electrons. The van der Waals surface area contributed by atoms with Crippen molar-refractivity contribution in [3.63, 3.8) is 0 Å². The first-order chi connectivity index (χ1) is 8.82. The van der Waals surface area contributed by atoms with Crippen LogP contribution in [0.1, 0.15) is 42.5 Å². The van der Waals surface area contributed by atoms with Crippen molar-refractivity contribution in [1.29, 1.82) is 0 Å². The summed E-state index contributed by atoms with van der Waals surface area (Å²) in [7, 11) is 0. The van der Waals surface area contributed by atoms with Crippen LogP contribution in [-0.4, -0.2) is 19.7 Å². The molecule has 2 aromatic rings. The number of aryl methyl sites for hydroxylation is 1. The molecule has 0 bridgehead atoms. The maximum atomic E-state index is 6.18. The van der Waals surface area contributed by atoms with Gasteiger partial charge in [0.05, 0.1) is 16.4 Å². The Kier molecular flexibility index (Phi) is 3.49. The Hall–Kier alpha value is -1.62. The van der Waals surface area contributed by atoms with Crippen molar-refractivity contribution in [1.82, 2.24) is 19.7 Å². The van der Waals surface area contributed by atoms with Crippen molar-refractivity contribution in [3.05, 3.63) is 27.8 Å². The van der Waals surface area contributed by atoms with Crippen LogP contribution in [0.5, 0.6) is 0 Å². The molecule has 0 unspecified atom stereocenters. The van der Waals surface area contributed by atoms with E-state index in [2.05, 4.69) is 15.1 Å². The molecule has 0 saturated carbocycles. The number of hydrogen-bond donors (Lipinski definition) is 1. The van der Waals surface area contributed by atoms with Crippen LogP contribution in [0.4, 0.5) is 5.82 Å². The average molecular weight is 280 g/mol. The molecular formula is C13H18ClN5. The number of rotatable bonds is 2.